The van der Waals surface area contributed by atoms with E-state index in [-0.39, 0.29) is 5.97 Å². The van der Waals surface area contributed by atoms with Crippen molar-refractivity contribution in [1.82, 2.24) is 0 Å². The molecule has 0 spiro atoms. The number of ether oxygens (including phenoxy) is 3. The van der Waals surface area contributed by atoms with Crippen LogP contribution in [0.5, 0.6) is 17.2 Å². The second-order valence-corrected chi connectivity index (χ2v) is 6.32. The zero-order valence-electron chi connectivity index (χ0n) is 14.2. The van der Waals surface area contributed by atoms with Crippen LogP contribution >= 0.6 is 23.4 Å². The van der Waals surface area contributed by atoms with E-state index in [4.69, 9.17) is 25.8 Å². The average Bonchev–Trinajstić information content (AvgIpc) is 2.60. The molecule has 132 valence electrons. The number of thioether (sulfide) groups is 1. The first-order chi connectivity index (χ1) is 12.0. The number of hydrogen-bond acceptors (Lipinski definition) is 5. The normalized spacial score (nSPS) is 10.7. The van der Waals surface area contributed by atoms with Crippen molar-refractivity contribution in [3.63, 3.8) is 0 Å². The summed E-state index contributed by atoms with van der Waals surface area (Å²) in [6, 6.07) is 11.1. The van der Waals surface area contributed by atoms with Gasteiger partial charge in [-0.1, -0.05) is 29.8 Å². The van der Waals surface area contributed by atoms with Crippen molar-refractivity contribution in [2.45, 2.75) is 12.7 Å². The Morgan fingerprint density at radius 2 is 1.84 bits per heavy atom. The molecule has 0 amide bonds. The lowest BCUT2D eigenvalue weighted by Gasteiger charge is -2.12. The summed E-state index contributed by atoms with van der Waals surface area (Å²) < 4.78 is 15.5. The molecule has 0 aliphatic carbocycles. The fourth-order valence-corrected chi connectivity index (χ4v) is 3.27. The summed E-state index contributed by atoms with van der Waals surface area (Å²) in [5, 5.41) is 2.56. The van der Waals surface area contributed by atoms with Crippen molar-refractivity contribution in [2.75, 3.05) is 14.2 Å². The lowest BCUT2D eigenvalue weighted by Crippen LogP contribution is -2.00. The van der Waals surface area contributed by atoms with Crippen molar-refractivity contribution in [3.8, 4) is 17.2 Å². The SMILES string of the molecule is COc1ccc(CSC=Cc2ccc(OC(C)=O)cc2)c(Cl)c1OC. The number of carbonyl (C=O) groups excluding carboxylic acids is 1. The first-order valence-electron chi connectivity index (χ1n) is 7.51. The predicted octanol–water partition coefficient (Wildman–Crippen LogP) is 5.19. The van der Waals surface area contributed by atoms with Gasteiger partial charge in [0, 0.05) is 12.7 Å². The minimum Gasteiger partial charge on any atom is -0.493 e. The van der Waals surface area contributed by atoms with Gasteiger partial charge in [0.05, 0.1) is 19.2 Å². The minimum absolute atomic E-state index is 0.328. The molecule has 0 aliphatic heterocycles. The number of rotatable bonds is 7. The van der Waals surface area contributed by atoms with Crippen LogP contribution in [0.3, 0.4) is 0 Å². The van der Waals surface area contributed by atoms with Crippen LogP contribution in [0.1, 0.15) is 18.1 Å². The molecule has 0 saturated carbocycles. The predicted molar refractivity (Wildman–Crippen MR) is 103 cm³/mol. The van der Waals surface area contributed by atoms with Crippen molar-refractivity contribution in [3.05, 3.63) is 58.0 Å². The Morgan fingerprint density at radius 1 is 1.12 bits per heavy atom. The first-order valence-corrected chi connectivity index (χ1v) is 8.93. The van der Waals surface area contributed by atoms with E-state index >= 15 is 0 Å². The van der Waals surface area contributed by atoms with E-state index < -0.39 is 0 Å². The van der Waals surface area contributed by atoms with Crippen molar-refractivity contribution in [2.24, 2.45) is 0 Å². The molecule has 4 nitrogen and oxygen atoms in total. The van der Waals surface area contributed by atoms with E-state index in [1.807, 2.05) is 35.7 Å². The zero-order chi connectivity index (χ0) is 18.2. The topological polar surface area (TPSA) is 44.8 Å². The first kappa shape index (κ1) is 19.2. The van der Waals surface area contributed by atoms with Crippen LogP contribution in [0.25, 0.3) is 6.08 Å². The third-order valence-corrected chi connectivity index (χ3v) is 4.52. The number of methoxy groups -OCH3 is 2. The number of carbonyl (C=O) groups is 1. The maximum Gasteiger partial charge on any atom is 0.308 e. The molecular formula is C19H19ClO4S. The molecule has 6 heteroatoms. The van der Waals surface area contributed by atoms with Crippen LogP contribution < -0.4 is 14.2 Å². The molecule has 2 aromatic rings. The number of esters is 1. The fourth-order valence-electron chi connectivity index (χ4n) is 2.12. The highest BCUT2D eigenvalue weighted by molar-refractivity contribution is 8.01. The van der Waals surface area contributed by atoms with Gasteiger partial charge in [-0.15, -0.1) is 11.8 Å². The van der Waals surface area contributed by atoms with E-state index in [1.54, 1.807) is 38.1 Å². The maximum absolute atomic E-state index is 10.9. The van der Waals surface area contributed by atoms with Gasteiger partial charge >= 0.3 is 5.97 Å². The highest BCUT2D eigenvalue weighted by Crippen LogP contribution is 2.38. The van der Waals surface area contributed by atoms with Gasteiger partial charge in [0.2, 0.25) is 0 Å². The molecule has 0 unspecified atom stereocenters. The largest absolute Gasteiger partial charge is 0.493 e. The Morgan fingerprint density at radius 3 is 2.44 bits per heavy atom. The molecular weight excluding hydrogens is 360 g/mol. The van der Waals surface area contributed by atoms with Gasteiger partial charge in [0.15, 0.2) is 11.5 Å². The van der Waals surface area contributed by atoms with Crippen LogP contribution in [0.15, 0.2) is 41.8 Å². The lowest BCUT2D eigenvalue weighted by atomic mass is 10.2. The van der Waals surface area contributed by atoms with Gasteiger partial charge in [-0.05, 0) is 40.8 Å². The summed E-state index contributed by atoms with van der Waals surface area (Å²) in [5.41, 5.74) is 1.99. The van der Waals surface area contributed by atoms with Crippen LogP contribution in [0, 0.1) is 0 Å². The molecule has 25 heavy (non-hydrogen) atoms. The average molecular weight is 379 g/mol. The Kier molecular flexibility index (Phi) is 7.22. The highest BCUT2D eigenvalue weighted by atomic mass is 35.5. The molecule has 2 rings (SSSR count). The zero-order valence-corrected chi connectivity index (χ0v) is 15.8. The summed E-state index contributed by atoms with van der Waals surface area (Å²) in [5.74, 6) is 2.08. The van der Waals surface area contributed by atoms with E-state index in [0.29, 0.717) is 28.0 Å². The van der Waals surface area contributed by atoms with Crippen molar-refractivity contribution >= 4 is 35.4 Å². The summed E-state index contributed by atoms with van der Waals surface area (Å²) >= 11 is 7.98. The molecule has 0 atom stereocenters. The summed E-state index contributed by atoms with van der Waals surface area (Å²) in [6.07, 6.45) is 1.98. The Labute approximate surface area is 156 Å². The van der Waals surface area contributed by atoms with Gasteiger partial charge in [0.1, 0.15) is 5.75 Å². The van der Waals surface area contributed by atoms with Gasteiger partial charge in [0.25, 0.3) is 0 Å². The minimum atomic E-state index is -0.328. The summed E-state index contributed by atoms with van der Waals surface area (Å²) in [7, 11) is 3.15. The van der Waals surface area contributed by atoms with E-state index in [1.165, 1.54) is 6.92 Å². The van der Waals surface area contributed by atoms with Crippen molar-refractivity contribution < 1.29 is 19.0 Å². The van der Waals surface area contributed by atoms with Crippen molar-refractivity contribution in [1.29, 1.82) is 0 Å². The van der Waals surface area contributed by atoms with E-state index in [0.717, 1.165) is 11.1 Å². The van der Waals surface area contributed by atoms with Gasteiger partial charge in [-0.3, -0.25) is 4.79 Å². The van der Waals surface area contributed by atoms with Gasteiger partial charge in [-0.2, -0.15) is 0 Å². The molecule has 0 fully saturated rings. The fraction of sp³-hybridized carbons (Fsp3) is 0.211. The summed E-state index contributed by atoms with van der Waals surface area (Å²) in [4.78, 5) is 10.9. The molecule has 0 bridgehead atoms. The van der Waals surface area contributed by atoms with Crippen LogP contribution in [0.4, 0.5) is 0 Å². The third-order valence-electron chi connectivity index (χ3n) is 3.30. The maximum atomic E-state index is 10.9. The highest BCUT2D eigenvalue weighted by Gasteiger charge is 2.12. The lowest BCUT2D eigenvalue weighted by molar-refractivity contribution is -0.131. The second kappa shape index (κ2) is 9.39. The number of benzene rings is 2. The molecule has 2 aromatic carbocycles. The third kappa shape index (κ3) is 5.44. The monoisotopic (exact) mass is 378 g/mol. The Hall–Kier alpha value is -2.11. The second-order valence-electron chi connectivity index (χ2n) is 5.05. The standard InChI is InChI=1S/C19H19ClO4S/c1-13(21)24-16-7-4-14(5-8-16)10-11-25-12-15-6-9-17(22-2)19(23-3)18(15)20/h4-11H,12H2,1-3H3. The molecule has 0 N–H and O–H groups in total. The summed E-state index contributed by atoms with van der Waals surface area (Å²) in [6.45, 7) is 1.38. The molecule has 0 aliphatic rings. The van der Waals surface area contributed by atoms with Crippen LogP contribution in [0.2, 0.25) is 5.02 Å². The van der Waals surface area contributed by atoms with E-state index in [9.17, 15) is 4.79 Å². The van der Waals surface area contributed by atoms with Crippen LogP contribution in [-0.2, 0) is 10.5 Å². The smallest absolute Gasteiger partial charge is 0.308 e. The Bertz CT molecular complexity index is 757. The molecule has 0 saturated heterocycles. The Balaban J connectivity index is 1.96. The molecule has 0 heterocycles. The number of hydrogen-bond donors (Lipinski definition) is 0. The molecule has 0 aromatic heterocycles. The van der Waals surface area contributed by atoms with Gasteiger partial charge < -0.3 is 14.2 Å². The quantitative estimate of drug-likeness (QED) is 0.490. The van der Waals surface area contributed by atoms with Gasteiger partial charge in [-0.25, -0.2) is 0 Å². The molecule has 0 radical (unpaired) electrons. The van der Waals surface area contributed by atoms with Crippen LogP contribution in [-0.4, -0.2) is 20.2 Å². The van der Waals surface area contributed by atoms with E-state index in [2.05, 4.69) is 0 Å². The number of halogens is 1.